The van der Waals surface area contributed by atoms with Crippen molar-refractivity contribution in [3.63, 3.8) is 0 Å². The minimum atomic E-state index is -0.981. The van der Waals surface area contributed by atoms with Crippen molar-refractivity contribution in [2.75, 3.05) is 36.5 Å². The molecule has 0 atom stereocenters. The summed E-state index contributed by atoms with van der Waals surface area (Å²) in [7, 11) is 1.68. The Labute approximate surface area is 105 Å². The summed E-state index contributed by atoms with van der Waals surface area (Å²) < 4.78 is 0. The summed E-state index contributed by atoms with van der Waals surface area (Å²) in [5.41, 5.74) is 7.17. The molecule has 2 rings (SSSR count). The lowest BCUT2D eigenvalue weighted by Gasteiger charge is -2.35. The number of aromatic carboxylic acids is 1. The molecule has 3 N–H and O–H groups in total. The lowest BCUT2D eigenvalue weighted by molar-refractivity contribution is -0.117. The standard InChI is InChI=1S/C12H15N3O3/c1-14-9-3-2-8(12(17)18)6-10(9)15(5-4-13)7-11(14)16/h2-3,6H,4-5,7,13H2,1H3,(H,17,18). The average Bonchev–Trinajstić information content (AvgIpc) is 2.35. The lowest BCUT2D eigenvalue weighted by atomic mass is 10.1. The third-order valence-electron chi connectivity index (χ3n) is 3.02. The average molecular weight is 249 g/mol. The third-order valence-corrected chi connectivity index (χ3v) is 3.02. The Hall–Kier alpha value is -2.08. The van der Waals surface area contributed by atoms with E-state index in [0.29, 0.717) is 18.8 Å². The molecule has 6 nitrogen and oxygen atoms in total. The van der Waals surface area contributed by atoms with E-state index in [1.54, 1.807) is 19.2 Å². The van der Waals surface area contributed by atoms with Crippen LogP contribution >= 0.6 is 0 Å². The molecule has 1 amide bonds. The van der Waals surface area contributed by atoms with E-state index in [1.165, 1.54) is 11.0 Å². The molecule has 0 fully saturated rings. The molecule has 1 aromatic carbocycles. The second-order valence-electron chi connectivity index (χ2n) is 4.17. The Morgan fingerprint density at radius 1 is 1.44 bits per heavy atom. The fourth-order valence-corrected chi connectivity index (χ4v) is 2.04. The van der Waals surface area contributed by atoms with Crippen LogP contribution in [0, 0.1) is 0 Å². The Balaban J connectivity index is 2.49. The van der Waals surface area contributed by atoms with Gasteiger partial charge in [-0.05, 0) is 18.2 Å². The van der Waals surface area contributed by atoms with E-state index in [4.69, 9.17) is 10.8 Å². The maximum Gasteiger partial charge on any atom is 0.335 e. The number of amides is 1. The predicted octanol–water partition coefficient (Wildman–Crippen LogP) is 0.126. The van der Waals surface area contributed by atoms with Gasteiger partial charge in [-0.25, -0.2) is 4.79 Å². The molecule has 0 saturated heterocycles. The highest BCUT2D eigenvalue weighted by atomic mass is 16.4. The van der Waals surface area contributed by atoms with Gasteiger partial charge in [0, 0.05) is 20.1 Å². The number of carboxylic acids is 1. The van der Waals surface area contributed by atoms with Gasteiger partial charge in [0.1, 0.15) is 0 Å². The fourth-order valence-electron chi connectivity index (χ4n) is 2.04. The van der Waals surface area contributed by atoms with Crippen LogP contribution in [0.15, 0.2) is 18.2 Å². The Morgan fingerprint density at radius 2 is 2.17 bits per heavy atom. The number of carboxylic acid groups (broad SMARTS) is 1. The molecule has 0 unspecified atom stereocenters. The lowest BCUT2D eigenvalue weighted by Crippen LogP contribution is -2.45. The van der Waals surface area contributed by atoms with Crippen LogP contribution in [0.2, 0.25) is 0 Å². The van der Waals surface area contributed by atoms with Crippen molar-refractivity contribution in [3.05, 3.63) is 23.8 Å². The van der Waals surface area contributed by atoms with E-state index < -0.39 is 5.97 Å². The van der Waals surface area contributed by atoms with Crippen molar-refractivity contribution in [2.45, 2.75) is 0 Å². The van der Waals surface area contributed by atoms with Crippen molar-refractivity contribution >= 4 is 23.3 Å². The number of rotatable bonds is 3. The smallest absolute Gasteiger partial charge is 0.335 e. The Bertz CT molecular complexity index is 501. The summed E-state index contributed by atoms with van der Waals surface area (Å²) in [6.45, 7) is 1.16. The van der Waals surface area contributed by atoms with Crippen LogP contribution in [0.1, 0.15) is 10.4 Å². The van der Waals surface area contributed by atoms with Crippen molar-refractivity contribution in [3.8, 4) is 0 Å². The summed E-state index contributed by atoms with van der Waals surface area (Å²) >= 11 is 0. The highest BCUT2D eigenvalue weighted by Gasteiger charge is 2.26. The molecule has 96 valence electrons. The quantitative estimate of drug-likeness (QED) is 0.795. The molecule has 1 heterocycles. The fraction of sp³-hybridized carbons (Fsp3) is 0.333. The highest BCUT2D eigenvalue weighted by molar-refractivity contribution is 6.04. The van der Waals surface area contributed by atoms with Gasteiger partial charge in [-0.3, -0.25) is 4.79 Å². The van der Waals surface area contributed by atoms with E-state index >= 15 is 0 Å². The molecule has 0 saturated carbocycles. The molecule has 0 aliphatic carbocycles. The molecular weight excluding hydrogens is 234 g/mol. The van der Waals surface area contributed by atoms with Crippen molar-refractivity contribution in [1.82, 2.24) is 0 Å². The topological polar surface area (TPSA) is 86.9 Å². The number of carbonyl (C=O) groups is 2. The van der Waals surface area contributed by atoms with Crippen molar-refractivity contribution in [1.29, 1.82) is 0 Å². The van der Waals surface area contributed by atoms with Crippen LogP contribution in [-0.2, 0) is 4.79 Å². The SMILES string of the molecule is CN1C(=O)CN(CCN)c2cc(C(=O)O)ccc21. The van der Waals surface area contributed by atoms with Crippen LogP contribution in [0.4, 0.5) is 11.4 Å². The van der Waals surface area contributed by atoms with E-state index in [0.717, 1.165) is 5.69 Å². The van der Waals surface area contributed by atoms with E-state index in [2.05, 4.69) is 0 Å². The monoisotopic (exact) mass is 249 g/mol. The van der Waals surface area contributed by atoms with Gasteiger partial charge >= 0.3 is 5.97 Å². The number of anilines is 2. The van der Waals surface area contributed by atoms with Crippen LogP contribution < -0.4 is 15.5 Å². The molecule has 0 aromatic heterocycles. The molecule has 18 heavy (non-hydrogen) atoms. The first-order valence-electron chi connectivity index (χ1n) is 5.63. The van der Waals surface area contributed by atoms with Gasteiger partial charge in [-0.15, -0.1) is 0 Å². The van der Waals surface area contributed by atoms with E-state index in [-0.39, 0.29) is 18.0 Å². The van der Waals surface area contributed by atoms with Crippen LogP contribution in [-0.4, -0.2) is 43.7 Å². The Morgan fingerprint density at radius 3 is 2.78 bits per heavy atom. The number of hydrogen-bond donors (Lipinski definition) is 2. The maximum absolute atomic E-state index is 11.8. The molecular formula is C12H15N3O3. The van der Waals surface area contributed by atoms with Gasteiger partial charge in [-0.2, -0.15) is 0 Å². The maximum atomic E-state index is 11.8. The zero-order valence-electron chi connectivity index (χ0n) is 10.1. The minimum absolute atomic E-state index is 0.0287. The predicted molar refractivity (Wildman–Crippen MR) is 68.1 cm³/mol. The molecule has 1 aromatic rings. The van der Waals surface area contributed by atoms with E-state index in [9.17, 15) is 9.59 Å². The van der Waals surface area contributed by atoms with Crippen molar-refractivity contribution in [2.24, 2.45) is 5.73 Å². The van der Waals surface area contributed by atoms with Crippen LogP contribution in [0.3, 0.4) is 0 Å². The Kier molecular flexibility index (Phi) is 3.20. The molecule has 0 spiro atoms. The van der Waals surface area contributed by atoms with Gasteiger partial charge in [0.05, 0.1) is 23.5 Å². The summed E-state index contributed by atoms with van der Waals surface area (Å²) in [6.07, 6.45) is 0. The first-order valence-corrected chi connectivity index (χ1v) is 5.63. The number of nitrogens with zero attached hydrogens (tertiary/aromatic N) is 2. The molecule has 1 aliphatic rings. The van der Waals surface area contributed by atoms with Crippen LogP contribution in [0.5, 0.6) is 0 Å². The van der Waals surface area contributed by atoms with E-state index in [1.807, 2.05) is 4.90 Å². The number of benzene rings is 1. The van der Waals surface area contributed by atoms with Gasteiger partial charge in [-0.1, -0.05) is 0 Å². The van der Waals surface area contributed by atoms with Gasteiger partial charge in [0.2, 0.25) is 5.91 Å². The second-order valence-corrected chi connectivity index (χ2v) is 4.17. The number of fused-ring (bicyclic) bond motifs is 1. The largest absolute Gasteiger partial charge is 0.478 e. The summed E-state index contributed by atoms with van der Waals surface area (Å²) in [5, 5.41) is 9.00. The summed E-state index contributed by atoms with van der Waals surface area (Å²) in [4.78, 5) is 26.1. The third kappa shape index (κ3) is 2.02. The molecule has 0 radical (unpaired) electrons. The minimum Gasteiger partial charge on any atom is -0.478 e. The number of carbonyl (C=O) groups excluding carboxylic acids is 1. The van der Waals surface area contributed by atoms with Gasteiger partial charge in [0.15, 0.2) is 0 Å². The highest BCUT2D eigenvalue weighted by Crippen LogP contribution is 2.33. The van der Waals surface area contributed by atoms with Crippen LogP contribution in [0.25, 0.3) is 0 Å². The van der Waals surface area contributed by atoms with Crippen molar-refractivity contribution < 1.29 is 14.7 Å². The molecule has 6 heteroatoms. The normalized spacial score (nSPS) is 14.7. The second kappa shape index (κ2) is 4.66. The van der Waals surface area contributed by atoms with Gasteiger partial charge < -0.3 is 20.6 Å². The molecule has 1 aliphatic heterocycles. The first kappa shape index (κ1) is 12.4. The number of hydrogen-bond acceptors (Lipinski definition) is 4. The number of likely N-dealkylation sites (N-methyl/N-ethyl adjacent to an activating group) is 1. The summed E-state index contributed by atoms with van der Waals surface area (Å²) in [5.74, 6) is -1.01. The number of nitrogens with two attached hydrogens (primary N) is 1. The summed E-state index contributed by atoms with van der Waals surface area (Å²) in [6, 6.07) is 4.73. The first-order chi connectivity index (χ1) is 8.54. The van der Waals surface area contributed by atoms with Gasteiger partial charge in [0.25, 0.3) is 0 Å². The zero-order chi connectivity index (χ0) is 13.3. The molecule has 0 bridgehead atoms. The zero-order valence-corrected chi connectivity index (χ0v) is 10.1.